The quantitative estimate of drug-likeness (QED) is 0.179. The van der Waals surface area contributed by atoms with Gasteiger partial charge in [0.25, 0.3) is 5.91 Å². The van der Waals surface area contributed by atoms with Crippen LogP contribution in [0.4, 0.5) is 0 Å². The Labute approximate surface area is 216 Å². The number of carbonyl (C=O) groups is 1. The molecule has 0 saturated heterocycles. The third-order valence-corrected chi connectivity index (χ3v) is 11.2. The number of unbranched alkanes of at least 4 members (excludes halogenated alkanes) is 5. The van der Waals surface area contributed by atoms with Gasteiger partial charge in [-0.15, -0.1) is 0 Å². The molecule has 0 saturated carbocycles. The molecule has 1 N–H and O–H groups in total. The number of benzene rings is 3. The molecule has 0 aliphatic rings. The lowest BCUT2D eigenvalue weighted by Gasteiger charge is -2.27. The van der Waals surface area contributed by atoms with Crippen LogP contribution in [-0.4, -0.2) is 23.6 Å². The Morgan fingerprint density at radius 3 is 1.61 bits per heavy atom. The third-order valence-electron chi connectivity index (χ3n) is 6.72. The van der Waals surface area contributed by atoms with Gasteiger partial charge in [0.15, 0.2) is 0 Å². The third kappa shape index (κ3) is 6.68. The lowest BCUT2D eigenvalue weighted by atomic mass is 10.1. The van der Waals surface area contributed by atoms with E-state index < -0.39 is 7.26 Å². The maximum absolute atomic E-state index is 12.1. The van der Waals surface area contributed by atoms with Gasteiger partial charge in [0.1, 0.15) is 23.2 Å². The average molecular weight is 496 g/mol. The second-order valence-corrected chi connectivity index (χ2v) is 12.8. The lowest BCUT2D eigenvalue weighted by Crippen LogP contribution is -2.33. The number of rotatable bonds is 13. The predicted octanol–water partition coefficient (Wildman–Crippen LogP) is 6.15. The Bertz CT molecular complexity index is 1070. The first-order valence-corrected chi connectivity index (χ1v) is 15.0. The number of pyridine rings is 1. The topological polar surface area (TPSA) is 42.0 Å². The number of carbonyl (C=O) groups excluding carboxylic acids is 1. The molecular weight excluding hydrogens is 459 g/mol. The van der Waals surface area contributed by atoms with Crippen molar-refractivity contribution in [3.63, 3.8) is 0 Å². The minimum Gasteiger partial charge on any atom is -0.352 e. The van der Waals surface area contributed by atoms with Crippen LogP contribution in [0.3, 0.4) is 0 Å². The lowest BCUT2D eigenvalue weighted by molar-refractivity contribution is 0.0952. The van der Waals surface area contributed by atoms with Gasteiger partial charge in [-0.05, 0) is 67.8 Å². The van der Waals surface area contributed by atoms with E-state index in [0.29, 0.717) is 5.56 Å². The van der Waals surface area contributed by atoms with Gasteiger partial charge in [-0.1, -0.05) is 73.9 Å². The molecule has 0 aliphatic carbocycles. The number of hydrogen-bond acceptors (Lipinski definition) is 2. The van der Waals surface area contributed by atoms with Crippen LogP contribution in [0.15, 0.2) is 116 Å². The molecule has 0 fully saturated rings. The van der Waals surface area contributed by atoms with E-state index in [4.69, 9.17) is 0 Å². The Hall–Kier alpha value is -3.29. The van der Waals surface area contributed by atoms with Crippen molar-refractivity contribution in [2.24, 2.45) is 0 Å². The molecule has 3 aromatic carbocycles. The van der Waals surface area contributed by atoms with Crippen LogP contribution in [0.5, 0.6) is 0 Å². The van der Waals surface area contributed by atoms with Crippen LogP contribution in [-0.2, 0) is 0 Å². The van der Waals surface area contributed by atoms with Gasteiger partial charge >= 0.3 is 0 Å². The van der Waals surface area contributed by atoms with Crippen molar-refractivity contribution < 1.29 is 4.79 Å². The summed E-state index contributed by atoms with van der Waals surface area (Å²) in [6.45, 7) is 0.721. The molecule has 3 nitrogen and oxygen atoms in total. The van der Waals surface area contributed by atoms with E-state index in [1.54, 1.807) is 24.5 Å². The fourth-order valence-corrected chi connectivity index (χ4v) is 9.27. The van der Waals surface area contributed by atoms with Crippen molar-refractivity contribution in [3.05, 3.63) is 121 Å². The van der Waals surface area contributed by atoms with Gasteiger partial charge in [0.05, 0.1) is 11.7 Å². The van der Waals surface area contributed by atoms with Crippen molar-refractivity contribution in [3.8, 4) is 0 Å². The van der Waals surface area contributed by atoms with E-state index in [-0.39, 0.29) is 5.91 Å². The highest BCUT2D eigenvalue weighted by Crippen LogP contribution is 2.55. The maximum Gasteiger partial charge on any atom is 0.252 e. The SMILES string of the molecule is O=C(NCCCCCCCC[P+](c1ccccc1)(c1ccccc1)c1ccccc1)c1cccnc1. The molecule has 4 aromatic rings. The molecule has 1 amide bonds. The minimum absolute atomic E-state index is 0.0360. The molecule has 1 aromatic heterocycles. The molecule has 0 aliphatic heterocycles. The summed E-state index contributed by atoms with van der Waals surface area (Å²) in [5.41, 5.74) is 0.625. The fourth-order valence-electron chi connectivity index (χ4n) is 4.86. The van der Waals surface area contributed by atoms with Gasteiger partial charge in [0.2, 0.25) is 0 Å². The largest absolute Gasteiger partial charge is 0.352 e. The smallest absolute Gasteiger partial charge is 0.252 e. The maximum atomic E-state index is 12.1. The van der Waals surface area contributed by atoms with Crippen LogP contribution >= 0.6 is 7.26 Å². The van der Waals surface area contributed by atoms with E-state index in [2.05, 4.69) is 101 Å². The molecule has 1 heterocycles. The Kier molecular flexibility index (Phi) is 9.82. The number of nitrogens with zero attached hydrogens (tertiary/aromatic N) is 1. The van der Waals surface area contributed by atoms with Crippen molar-refractivity contribution in [1.82, 2.24) is 10.3 Å². The van der Waals surface area contributed by atoms with Crippen molar-refractivity contribution in [2.75, 3.05) is 12.7 Å². The molecule has 0 unspecified atom stereocenters. The highest BCUT2D eigenvalue weighted by molar-refractivity contribution is 7.95. The summed E-state index contributed by atoms with van der Waals surface area (Å²) in [7, 11) is -1.71. The fraction of sp³-hybridized carbons (Fsp3) is 0.250. The Balaban J connectivity index is 1.32. The van der Waals surface area contributed by atoms with Crippen LogP contribution in [0.2, 0.25) is 0 Å². The first-order chi connectivity index (χ1) is 17.8. The van der Waals surface area contributed by atoms with E-state index >= 15 is 0 Å². The summed E-state index contributed by atoms with van der Waals surface area (Å²) in [5, 5.41) is 7.39. The van der Waals surface area contributed by atoms with Crippen molar-refractivity contribution in [2.45, 2.75) is 38.5 Å². The van der Waals surface area contributed by atoms with Gasteiger partial charge in [-0.25, -0.2) is 0 Å². The zero-order valence-electron chi connectivity index (χ0n) is 20.9. The van der Waals surface area contributed by atoms with E-state index in [1.165, 1.54) is 47.8 Å². The summed E-state index contributed by atoms with van der Waals surface area (Å²) in [6, 6.07) is 37.0. The molecule has 184 valence electrons. The zero-order valence-corrected chi connectivity index (χ0v) is 21.8. The summed E-state index contributed by atoms with van der Waals surface area (Å²) >= 11 is 0. The van der Waals surface area contributed by atoms with Crippen LogP contribution in [0.1, 0.15) is 48.9 Å². The first kappa shape index (κ1) is 25.8. The van der Waals surface area contributed by atoms with E-state index in [9.17, 15) is 4.79 Å². The molecule has 4 heteroatoms. The molecule has 0 bridgehead atoms. The van der Waals surface area contributed by atoms with Gasteiger partial charge in [-0.3, -0.25) is 9.78 Å². The molecule has 4 rings (SSSR count). The summed E-state index contributed by atoms with van der Waals surface area (Å²) in [4.78, 5) is 16.1. The van der Waals surface area contributed by atoms with Gasteiger partial charge < -0.3 is 5.32 Å². The summed E-state index contributed by atoms with van der Waals surface area (Å²) in [5.74, 6) is -0.0360. The standard InChI is InChI=1S/C32H35N2OP/c35-32(28-17-16-24-33-27-28)34-25-14-3-1-2-4-15-26-36(29-18-8-5-9-19-29,30-20-10-6-11-21-30)31-22-12-7-13-23-31/h5-13,16-24,27H,1-4,14-15,25-26H2/p+1. The van der Waals surface area contributed by atoms with Crippen LogP contribution < -0.4 is 21.2 Å². The minimum atomic E-state index is -1.71. The predicted molar refractivity (Wildman–Crippen MR) is 154 cm³/mol. The number of aromatic nitrogens is 1. The van der Waals surface area contributed by atoms with Crippen LogP contribution in [0.25, 0.3) is 0 Å². The van der Waals surface area contributed by atoms with Crippen LogP contribution in [0, 0.1) is 0 Å². The molecular formula is C32H36N2OP+. The second-order valence-electron chi connectivity index (χ2n) is 9.16. The van der Waals surface area contributed by atoms with E-state index in [1.807, 2.05) is 0 Å². The first-order valence-electron chi connectivity index (χ1n) is 13.0. The summed E-state index contributed by atoms with van der Waals surface area (Å²) in [6.07, 6.45) is 11.5. The Morgan fingerprint density at radius 1 is 0.611 bits per heavy atom. The molecule has 0 spiro atoms. The van der Waals surface area contributed by atoms with E-state index in [0.717, 1.165) is 19.4 Å². The summed E-state index contributed by atoms with van der Waals surface area (Å²) < 4.78 is 0. The molecule has 0 atom stereocenters. The normalized spacial score (nSPS) is 11.2. The second kappa shape index (κ2) is 13.7. The average Bonchev–Trinajstić information content (AvgIpc) is 2.96. The van der Waals surface area contributed by atoms with Crippen molar-refractivity contribution in [1.29, 1.82) is 0 Å². The highest BCUT2D eigenvalue weighted by Gasteiger charge is 2.44. The van der Waals surface area contributed by atoms with Crippen molar-refractivity contribution >= 4 is 29.1 Å². The zero-order chi connectivity index (χ0) is 24.9. The molecule has 0 radical (unpaired) electrons. The molecule has 36 heavy (non-hydrogen) atoms. The Morgan fingerprint density at radius 2 is 1.11 bits per heavy atom. The number of nitrogens with one attached hydrogen (secondary N) is 1. The number of hydrogen-bond donors (Lipinski definition) is 1. The highest BCUT2D eigenvalue weighted by atomic mass is 31.2. The van der Waals surface area contributed by atoms with Gasteiger partial charge in [-0.2, -0.15) is 0 Å². The monoisotopic (exact) mass is 495 g/mol. The number of amides is 1. The van der Waals surface area contributed by atoms with Gasteiger partial charge in [0, 0.05) is 18.9 Å².